The fourth-order valence-electron chi connectivity index (χ4n) is 2.05. The molecule has 0 aliphatic rings. The Morgan fingerprint density at radius 1 is 1.24 bits per heavy atom. The van der Waals surface area contributed by atoms with E-state index in [0.29, 0.717) is 0 Å². The molecule has 0 aliphatic carbocycles. The number of H-pyrrole nitrogens is 1. The Labute approximate surface area is 101 Å². The molecule has 1 aromatic carbocycles. The first-order valence-electron chi connectivity index (χ1n) is 5.98. The predicted molar refractivity (Wildman–Crippen MR) is 70.2 cm³/mol. The average Bonchev–Trinajstić information content (AvgIpc) is 2.57. The summed E-state index contributed by atoms with van der Waals surface area (Å²) in [5.74, 6) is 0. The van der Waals surface area contributed by atoms with Gasteiger partial charge in [0.05, 0.1) is 5.56 Å². The molecule has 1 N–H and O–H groups in total. The van der Waals surface area contributed by atoms with E-state index >= 15 is 0 Å². The molecule has 2 rings (SSSR count). The van der Waals surface area contributed by atoms with Crippen molar-refractivity contribution < 1.29 is 0 Å². The maximum Gasteiger partial charge on any atom is 0.274 e. The molecule has 3 heteroatoms. The fourth-order valence-corrected chi connectivity index (χ4v) is 2.05. The molecule has 0 amide bonds. The second-order valence-electron chi connectivity index (χ2n) is 4.45. The van der Waals surface area contributed by atoms with Gasteiger partial charge in [-0.25, -0.2) is 0 Å². The first-order chi connectivity index (χ1) is 8.13. The molecule has 1 heterocycles. The lowest BCUT2D eigenvalue weighted by Gasteiger charge is -2.01. The van der Waals surface area contributed by atoms with E-state index in [-0.39, 0.29) is 5.56 Å². The van der Waals surface area contributed by atoms with E-state index in [0.717, 1.165) is 29.7 Å². The zero-order valence-corrected chi connectivity index (χ0v) is 10.6. The van der Waals surface area contributed by atoms with E-state index in [1.807, 2.05) is 31.2 Å². The van der Waals surface area contributed by atoms with Gasteiger partial charge in [0.1, 0.15) is 0 Å². The van der Waals surface area contributed by atoms with Crippen LogP contribution in [0.5, 0.6) is 0 Å². The number of nitrogens with one attached hydrogen (secondary N) is 1. The third kappa shape index (κ3) is 2.18. The van der Waals surface area contributed by atoms with Crippen molar-refractivity contribution in [1.29, 1.82) is 0 Å². The van der Waals surface area contributed by atoms with Crippen LogP contribution in [0.2, 0.25) is 0 Å². The number of aromatic nitrogens is 2. The van der Waals surface area contributed by atoms with Crippen LogP contribution in [0.15, 0.2) is 29.1 Å². The topological polar surface area (TPSA) is 37.8 Å². The van der Waals surface area contributed by atoms with Crippen LogP contribution in [0.1, 0.15) is 24.6 Å². The molecule has 0 saturated carbocycles. The van der Waals surface area contributed by atoms with Crippen LogP contribution >= 0.6 is 0 Å². The summed E-state index contributed by atoms with van der Waals surface area (Å²) in [7, 11) is 1.76. The van der Waals surface area contributed by atoms with Gasteiger partial charge in [0, 0.05) is 12.7 Å². The van der Waals surface area contributed by atoms with E-state index < -0.39 is 0 Å². The number of hydrogen-bond donors (Lipinski definition) is 1. The van der Waals surface area contributed by atoms with E-state index in [4.69, 9.17) is 0 Å². The summed E-state index contributed by atoms with van der Waals surface area (Å²) in [6.45, 7) is 4.16. The van der Waals surface area contributed by atoms with Gasteiger partial charge in [-0.2, -0.15) is 0 Å². The third-order valence-electron chi connectivity index (χ3n) is 2.96. The minimum Gasteiger partial charge on any atom is -0.299 e. The van der Waals surface area contributed by atoms with Crippen LogP contribution in [0.4, 0.5) is 0 Å². The van der Waals surface area contributed by atoms with Gasteiger partial charge in [-0.05, 0) is 18.9 Å². The number of nitrogens with zero attached hydrogens (tertiary/aromatic N) is 1. The first kappa shape index (κ1) is 11.7. The SMILES string of the molecule is CCCc1[nH]n(C)c(=O)c1-c1ccc(C)cc1. The summed E-state index contributed by atoms with van der Waals surface area (Å²) in [6, 6.07) is 8.10. The molecule has 0 spiro atoms. The predicted octanol–water partition coefficient (Wildman–Crippen LogP) is 2.64. The van der Waals surface area contributed by atoms with Crippen molar-refractivity contribution in [3.8, 4) is 11.1 Å². The van der Waals surface area contributed by atoms with Crippen molar-refractivity contribution in [1.82, 2.24) is 9.78 Å². The number of rotatable bonds is 3. The maximum atomic E-state index is 12.1. The van der Waals surface area contributed by atoms with E-state index in [1.54, 1.807) is 11.7 Å². The highest BCUT2D eigenvalue weighted by Gasteiger charge is 2.13. The van der Waals surface area contributed by atoms with Gasteiger partial charge in [0.2, 0.25) is 0 Å². The highest BCUT2D eigenvalue weighted by atomic mass is 16.1. The molecule has 0 saturated heterocycles. The summed E-state index contributed by atoms with van der Waals surface area (Å²) < 4.78 is 1.56. The maximum absolute atomic E-state index is 12.1. The van der Waals surface area contributed by atoms with Gasteiger partial charge in [-0.3, -0.25) is 14.6 Å². The van der Waals surface area contributed by atoms with Crippen molar-refractivity contribution in [3.05, 3.63) is 45.9 Å². The Bertz CT molecular complexity index is 561. The molecular weight excluding hydrogens is 212 g/mol. The highest BCUT2D eigenvalue weighted by molar-refractivity contribution is 5.65. The monoisotopic (exact) mass is 230 g/mol. The van der Waals surface area contributed by atoms with Crippen molar-refractivity contribution >= 4 is 0 Å². The van der Waals surface area contributed by atoms with Gasteiger partial charge in [0.25, 0.3) is 5.56 Å². The first-order valence-corrected chi connectivity index (χ1v) is 5.98. The van der Waals surface area contributed by atoms with Crippen LogP contribution < -0.4 is 5.56 Å². The van der Waals surface area contributed by atoms with E-state index in [9.17, 15) is 4.79 Å². The molecule has 0 atom stereocenters. The quantitative estimate of drug-likeness (QED) is 0.864. The second-order valence-corrected chi connectivity index (χ2v) is 4.45. The lowest BCUT2D eigenvalue weighted by molar-refractivity contribution is 0.713. The zero-order chi connectivity index (χ0) is 12.4. The smallest absolute Gasteiger partial charge is 0.274 e. The van der Waals surface area contributed by atoms with E-state index in [2.05, 4.69) is 12.0 Å². The van der Waals surface area contributed by atoms with Gasteiger partial charge in [-0.15, -0.1) is 0 Å². The molecule has 0 unspecified atom stereocenters. The molecule has 1 aromatic heterocycles. The minimum absolute atomic E-state index is 0.0531. The Kier molecular flexibility index (Phi) is 3.18. The molecule has 0 bridgehead atoms. The number of benzene rings is 1. The molecule has 3 nitrogen and oxygen atoms in total. The minimum atomic E-state index is 0.0531. The average molecular weight is 230 g/mol. The largest absolute Gasteiger partial charge is 0.299 e. The van der Waals surface area contributed by atoms with Crippen molar-refractivity contribution in [2.45, 2.75) is 26.7 Å². The molecular formula is C14H18N2O. The standard InChI is InChI=1S/C14H18N2O/c1-4-5-12-13(14(17)16(3)15-12)11-8-6-10(2)7-9-11/h6-9,15H,4-5H2,1-3H3. The fraction of sp³-hybridized carbons (Fsp3) is 0.357. The molecule has 0 fully saturated rings. The molecule has 0 aliphatic heterocycles. The Hall–Kier alpha value is -1.77. The normalized spacial score (nSPS) is 10.8. The molecule has 90 valence electrons. The summed E-state index contributed by atoms with van der Waals surface area (Å²) in [5.41, 5.74) is 4.11. The number of aryl methyl sites for hydroxylation is 3. The third-order valence-corrected chi connectivity index (χ3v) is 2.96. The van der Waals surface area contributed by atoms with Crippen molar-refractivity contribution in [2.24, 2.45) is 7.05 Å². The van der Waals surface area contributed by atoms with Gasteiger partial charge in [-0.1, -0.05) is 43.2 Å². The van der Waals surface area contributed by atoms with Gasteiger partial charge < -0.3 is 0 Å². The van der Waals surface area contributed by atoms with Crippen LogP contribution in [0.25, 0.3) is 11.1 Å². The molecule has 0 radical (unpaired) electrons. The molecule has 2 aromatic rings. The van der Waals surface area contributed by atoms with Crippen LogP contribution in [-0.2, 0) is 13.5 Å². The van der Waals surface area contributed by atoms with Crippen LogP contribution in [0.3, 0.4) is 0 Å². The Morgan fingerprint density at radius 2 is 1.88 bits per heavy atom. The lowest BCUT2D eigenvalue weighted by Crippen LogP contribution is -2.13. The summed E-state index contributed by atoms with van der Waals surface area (Å²) >= 11 is 0. The number of aromatic amines is 1. The van der Waals surface area contributed by atoms with Crippen LogP contribution in [-0.4, -0.2) is 9.78 Å². The van der Waals surface area contributed by atoms with Crippen LogP contribution in [0, 0.1) is 6.92 Å². The van der Waals surface area contributed by atoms with Gasteiger partial charge in [0.15, 0.2) is 0 Å². The zero-order valence-electron chi connectivity index (χ0n) is 10.6. The second kappa shape index (κ2) is 4.62. The van der Waals surface area contributed by atoms with Gasteiger partial charge >= 0.3 is 0 Å². The van der Waals surface area contributed by atoms with Crippen molar-refractivity contribution in [2.75, 3.05) is 0 Å². The summed E-state index contributed by atoms with van der Waals surface area (Å²) in [4.78, 5) is 12.1. The number of hydrogen-bond acceptors (Lipinski definition) is 1. The van der Waals surface area contributed by atoms with Crippen molar-refractivity contribution in [3.63, 3.8) is 0 Å². The molecule has 17 heavy (non-hydrogen) atoms. The Balaban J connectivity index is 2.57. The summed E-state index contributed by atoms with van der Waals surface area (Å²) in [6.07, 6.45) is 1.93. The van der Waals surface area contributed by atoms with E-state index in [1.165, 1.54) is 5.56 Å². The summed E-state index contributed by atoms with van der Waals surface area (Å²) in [5, 5.41) is 3.13. The highest BCUT2D eigenvalue weighted by Crippen LogP contribution is 2.20. The lowest BCUT2D eigenvalue weighted by atomic mass is 10.0. The Morgan fingerprint density at radius 3 is 2.47 bits per heavy atom.